The molecule has 82 valence electrons. The van der Waals surface area contributed by atoms with Crippen LogP contribution in [-0.2, 0) is 4.74 Å². The molecule has 2 N–H and O–H groups in total. The first-order chi connectivity index (χ1) is 7.25. The number of nitrogens with two attached hydrogens (primary N) is 1. The van der Waals surface area contributed by atoms with Crippen LogP contribution in [0.3, 0.4) is 0 Å². The fraction of sp³-hybridized carbons (Fsp3) is 0.455. The molecular formula is C11H14ClNO2. The molecule has 1 aliphatic rings. The average molecular weight is 228 g/mol. The third-order valence-corrected chi connectivity index (χ3v) is 2.66. The Kier molecular flexibility index (Phi) is 3.34. The van der Waals surface area contributed by atoms with Crippen LogP contribution in [-0.4, -0.2) is 19.3 Å². The molecule has 1 aliphatic heterocycles. The van der Waals surface area contributed by atoms with E-state index in [0.717, 1.165) is 19.4 Å². The normalized spacial score (nSPS) is 20.5. The van der Waals surface area contributed by atoms with Gasteiger partial charge in [-0.25, -0.2) is 0 Å². The highest BCUT2D eigenvalue weighted by Crippen LogP contribution is 2.25. The predicted octanol–water partition coefficient (Wildman–Crippen LogP) is 2.48. The van der Waals surface area contributed by atoms with E-state index in [4.69, 9.17) is 26.8 Å². The molecule has 0 aromatic heterocycles. The first-order valence-electron chi connectivity index (χ1n) is 5.05. The lowest BCUT2D eigenvalue weighted by Crippen LogP contribution is -2.16. The molecule has 0 aliphatic carbocycles. The molecule has 15 heavy (non-hydrogen) atoms. The highest BCUT2D eigenvalue weighted by Gasteiger charge is 2.16. The van der Waals surface area contributed by atoms with Crippen molar-refractivity contribution in [3.63, 3.8) is 0 Å². The van der Waals surface area contributed by atoms with Gasteiger partial charge in [-0.3, -0.25) is 0 Å². The van der Waals surface area contributed by atoms with E-state index in [1.165, 1.54) is 0 Å². The summed E-state index contributed by atoms with van der Waals surface area (Å²) < 4.78 is 11.0. The highest BCUT2D eigenvalue weighted by atomic mass is 35.5. The minimum absolute atomic E-state index is 0.208. The molecule has 1 fully saturated rings. The Morgan fingerprint density at radius 2 is 2.40 bits per heavy atom. The van der Waals surface area contributed by atoms with Crippen molar-refractivity contribution < 1.29 is 9.47 Å². The summed E-state index contributed by atoms with van der Waals surface area (Å²) in [6.07, 6.45) is 2.39. The van der Waals surface area contributed by atoms with Gasteiger partial charge in [0, 0.05) is 11.6 Å². The third kappa shape index (κ3) is 2.76. The summed E-state index contributed by atoms with van der Waals surface area (Å²) in [5.41, 5.74) is 6.33. The molecule has 0 spiro atoms. The van der Waals surface area contributed by atoms with Crippen LogP contribution in [0.25, 0.3) is 0 Å². The first kappa shape index (κ1) is 10.6. The quantitative estimate of drug-likeness (QED) is 0.807. The Morgan fingerprint density at radius 3 is 3.07 bits per heavy atom. The van der Waals surface area contributed by atoms with Crippen molar-refractivity contribution in [2.45, 2.75) is 18.9 Å². The first-order valence-corrected chi connectivity index (χ1v) is 5.43. The lowest BCUT2D eigenvalue weighted by molar-refractivity contribution is 0.0682. The maximum atomic E-state index is 5.78. The maximum Gasteiger partial charge on any atom is 0.142 e. The zero-order valence-corrected chi connectivity index (χ0v) is 9.17. The minimum atomic E-state index is 0.208. The molecule has 2 rings (SSSR count). The standard InChI is InChI=1S/C11H14ClNO2/c12-8-3-4-11(10(13)6-8)15-7-9-2-1-5-14-9/h3-4,6,9H,1-2,5,7,13H2. The van der Waals surface area contributed by atoms with E-state index in [-0.39, 0.29) is 6.10 Å². The molecule has 0 bridgehead atoms. The SMILES string of the molecule is Nc1cc(Cl)ccc1OCC1CCCO1. The predicted molar refractivity (Wildman–Crippen MR) is 60.3 cm³/mol. The summed E-state index contributed by atoms with van der Waals surface area (Å²) in [6.45, 7) is 1.40. The van der Waals surface area contributed by atoms with E-state index in [9.17, 15) is 0 Å². The van der Waals surface area contributed by atoms with Crippen molar-refractivity contribution in [3.05, 3.63) is 23.2 Å². The largest absolute Gasteiger partial charge is 0.489 e. The number of rotatable bonds is 3. The molecule has 3 nitrogen and oxygen atoms in total. The topological polar surface area (TPSA) is 44.5 Å². The average Bonchev–Trinajstić information content (AvgIpc) is 2.69. The van der Waals surface area contributed by atoms with Gasteiger partial charge in [-0.15, -0.1) is 0 Å². The number of benzene rings is 1. The monoisotopic (exact) mass is 227 g/mol. The van der Waals surface area contributed by atoms with Crippen LogP contribution in [0.2, 0.25) is 5.02 Å². The lowest BCUT2D eigenvalue weighted by atomic mass is 10.2. The van der Waals surface area contributed by atoms with E-state index in [1.54, 1.807) is 18.2 Å². The third-order valence-electron chi connectivity index (χ3n) is 2.42. The van der Waals surface area contributed by atoms with Crippen LogP contribution in [0.5, 0.6) is 5.75 Å². The van der Waals surface area contributed by atoms with Gasteiger partial charge < -0.3 is 15.2 Å². The van der Waals surface area contributed by atoms with Gasteiger partial charge in [0.1, 0.15) is 12.4 Å². The van der Waals surface area contributed by atoms with E-state index >= 15 is 0 Å². The zero-order valence-electron chi connectivity index (χ0n) is 8.41. The van der Waals surface area contributed by atoms with Crippen LogP contribution < -0.4 is 10.5 Å². The molecule has 1 heterocycles. The summed E-state index contributed by atoms with van der Waals surface area (Å²) in [6, 6.07) is 5.24. The van der Waals surface area contributed by atoms with Gasteiger partial charge in [0.15, 0.2) is 0 Å². The molecular weight excluding hydrogens is 214 g/mol. The van der Waals surface area contributed by atoms with E-state index in [2.05, 4.69) is 0 Å². The molecule has 0 radical (unpaired) electrons. The lowest BCUT2D eigenvalue weighted by Gasteiger charge is -2.12. The van der Waals surface area contributed by atoms with Crippen molar-refractivity contribution in [3.8, 4) is 5.75 Å². The summed E-state index contributed by atoms with van der Waals surface area (Å²) in [7, 11) is 0. The Hall–Kier alpha value is -0.930. The van der Waals surface area contributed by atoms with Crippen LogP contribution in [0, 0.1) is 0 Å². The Labute approximate surface area is 94.1 Å². The number of nitrogen functional groups attached to an aromatic ring is 1. The molecule has 1 aromatic rings. The maximum absolute atomic E-state index is 5.78. The van der Waals surface area contributed by atoms with Gasteiger partial charge in [0.05, 0.1) is 11.8 Å². The smallest absolute Gasteiger partial charge is 0.142 e. The van der Waals surface area contributed by atoms with Crippen molar-refractivity contribution in [2.75, 3.05) is 18.9 Å². The zero-order chi connectivity index (χ0) is 10.7. The second-order valence-electron chi connectivity index (χ2n) is 3.63. The van der Waals surface area contributed by atoms with Gasteiger partial charge in [0.25, 0.3) is 0 Å². The summed E-state index contributed by atoms with van der Waals surface area (Å²) in [4.78, 5) is 0. The van der Waals surface area contributed by atoms with Crippen molar-refractivity contribution in [1.29, 1.82) is 0 Å². The van der Waals surface area contributed by atoms with E-state index in [1.807, 2.05) is 0 Å². The molecule has 4 heteroatoms. The Balaban J connectivity index is 1.92. The molecule has 1 unspecified atom stereocenters. The van der Waals surface area contributed by atoms with Crippen LogP contribution in [0.1, 0.15) is 12.8 Å². The fourth-order valence-corrected chi connectivity index (χ4v) is 1.79. The molecule has 0 saturated carbocycles. The van der Waals surface area contributed by atoms with Crippen molar-refractivity contribution >= 4 is 17.3 Å². The van der Waals surface area contributed by atoms with Crippen molar-refractivity contribution in [1.82, 2.24) is 0 Å². The van der Waals surface area contributed by atoms with Gasteiger partial charge in [0.2, 0.25) is 0 Å². The summed E-state index contributed by atoms with van der Waals surface area (Å²) in [5.74, 6) is 0.676. The van der Waals surface area contributed by atoms with E-state index in [0.29, 0.717) is 23.1 Å². The Morgan fingerprint density at radius 1 is 1.53 bits per heavy atom. The van der Waals surface area contributed by atoms with Crippen LogP contribution >= 0.6 is 11.6 Å². The second kappa shape index (κ2) is 4.73. The van der Waals surface area contributed by atoms with Crippen molar-refractivity contribution in [2.24, 2.45) is 0 Å². The number of hydrogen-bond acceptors (Lipinski definition) is 3. The van der Waals surface area contributed by atoms with Gasteiger partial charge in [-0.05, 0) is 31.0 Å². The molecule has 1 atom stereocenters. The number of ether oxygens (including phenoxy) is 2. The van der Waals surface area contributed by atoms with E-state index < -0.39 is 0 Å². The second-order valence-corrected chi connectivity index (χ2v) is 4.06. The summed E-state index contributed by atoms with van der Waals surface area (Å²) in [5, 5.41) is 0.622. The molecule has 1 aromatic carbocycles. The molecule has 1 saturated heterocycles. The van der Waals surface area contributed by atoms with Crippen LogP contribution in [0.4, 0.5) is 5.69 Å². The minimum Gasteiger partial charge on any atom is -0.489 e. The number of anilines is 1. The van der Waals surface area contributed by atoms with Gasteiger partial charge >= 0.3 is 0 Å². The Bertz CT molecular complexity index is 337. The van der Waals surface area contributed by atoms with Gasteiger partial charge in [-0.1, -0.05) is 11.6 Å². The number of hydrogen-bond donors (Lipinski definition) is 1. The van der Waals surface area contributed by atoms with Gasteiger partial charge in [-0.2, -0.15) is 0 Å². The fourth-order valence-electron chi connectivity index (χ4n) is 1.61. The highest BCUT2D eigenvalue weighted by molar-refractivity contribution is 6.30. The molecule has 0 amide bonds. The summed E-state index contributed by atoms with van der Waals surface area (Å²) >= 11 is 5.78. The number of halogens is 1. The van der Waals surface area contributed by atoms with Crippen LogP contribution in [0.15, 0.2) is 18.2 Å².